The van der Waals surface area contributed by atoms with Crippen LogP contribution in [0.3, 0.4) is 0 Å². The van der Waals surface area contributed by atoms with E-state index in [0.29, 0.717) is 12.3 Å². The summed E-state index contributed by atoms with van der Waals surface area (Å²) < 4.78 is 10.2. The van der Waals surface area contributed by atoms with Crippen molar-refractivity contribution in [2.45, 2.75) is 45.8 Å². The lowest BCUT2D eigenvalue weighted by Gasteiger charge is -2.25. The second-order valence-corrected chi connectivity index (χ2v) is 4.15. The van der Waals surface area contributed by atoms with E-state index in [1.54, 1.807) is 0 Å². The van der Waals surface area contributed by atoms with Crippen LogP contribution in [-0.4, -0.2) is 36.4 Å². The van der Waals surface area contributed by atoms with Crippen LogP contribution in [0.2, 0.25) is 0 Å². The van der Waals surface area contributed by atoms with E-state index < -0.39 is 24.1 Å². The van der Waals surface area contributed by atoms with Crippen molar-refractivity contribution in [2.24, 2.45) is 5.92 Å². The second-order valence-electron chi connectivity index (χ2n) is 4.15. The number of methoxy groups -OCH3 is 1. The summed E-state index contributed by atoms with van der Waals surface area (Å²) in [6.07, 6.45) is -0.672. The van der Waals surface area contributed by atoms with Gasteiger partial charge in [-0.25, -0.2) is 0 Å². The lowest BCUT2D eigenvalue weighted by atomic mass is 9.99. The lowest BCUT2D eigenvalue weighted by Crippen LogP contribution is -2.35. The van der Waals surface area contributed by atoms with Crippen molar-refractivity contribution in [3.05, 3.63) is 0 Å². The van der Waals surface area contributed by atoms with Crippen molar-refractivity contribution in [2.75, 3.05) is 7.11 Å². The summed E-state index contributed by atoms with van der Waals surface area (Å²) >= 11 is 0. The van der Waals surface area contributed by atoms with Gasteiger partial charge in [-0.2, -0.15) is 0 Å². The molecule has 0 spiro atoms. The number of carbonyl (C=O) groups is 2. The van der Waals surface area contributed by atoms with Crippen LogP contribution >= 0.6 is 0 Å². The third-order valence-electron chi connectivity index (χ3n) is 2.11. The standard InChI is InChI=1S/C11H20O5/c1-7(2)5-10(16-8(3)12)9(15-4)6-11(13)14/h7,9-10H,5-6H2,1-4H3,(H,13,14)/t9-,10?/m0/s1. The van der Waals surface area contributed by atoms with Crippen LogP contribution in [0.25, 0.3) is 0 Å². The minimum atomic E-state index is -0.965. The molecule has 0 aliphatic heterocycles. The Morgan fingerprint density at radius 2 is 1.81 bits per heavy atom. The number of esters is 1. The van der Waals surface area contributed by atoms with Gasteiger partial charge < -0.3 is 14.6 Å². The van der Waals surface area contributed by atoms with Crippen LogP contribution in [-0.2, 0) is 19.1 Å². The van der Waals surface area contributed by atoms with Gasteiger partial charge in [0.2, 0.25) is 0 Å². The third kappa shape index (κ3) is 6.40. The average Bonchev–Trinajstić information content (AvgIpc) is 2.11. The Labute approximate surface area is 95.7 Å². The van der Waals surface area contributed by atoms with Crippen LogP contribution in [0.4, 0.5) is 0 Å². The number of ether oxygens (including phenoxy) is 2. The van der Waals surface area contributed by atoms with Gasteiger partial charge in [0, 0.05) is 14.0 Å². The highest BCUT2D eigenvalue weighted by Crippen LogP contribution is 2.17. The Morgan fingerprint density at radius 1 is 1.25 bits per heavy atom. The minimum absolute atomic E-state index is 0.166. The van der Waals surface area contributed by atoms with E-state index >= 15 is 0 Å². The molecule has 0 heterocycles. The van der Waals surface area contributed by atoms with Crippen LogP contribution in [0, 0.1) is 5.92 Å². The number of carboxylic acids is 1. The highest BCUT2D eigenvalue weighted by Gasteiger charge is 2.27. The quantitative estimate of drug-likeness (QED) is 0.672. The Morgan fingerprint density at radius 3 is 2.12 bits per heavy atom. The molecule has 0 bridgehead atoms. The van der Waals surface area contributed by atoms with E-state index in [4.69, 9.17) is 14.6 Å². The van der Waals surface area contributed by atoms with Gasteiger partial charge in [0.15, 0.2) is 0 Å². The van der Waals surface area contributed by atoms with Gasteiger partial charge in [-0.1, -0.05) is 13.8 Å². The topological polar surface area (TPSA) is 72.8 Å². The van der Waals surface area contributed by atoms with Crippen molar-refractivity contribution in [1.82, 2.24) is 0 Å². The number of hydrogen-bond donors (Lipinski definition) is 1. The predicted molar refractivity (Wildman–Crippen MR) is 58.1 cm³/mol. The molecule has 0 aromatic rings. The number of carbonyl (C=O) groups excluding carboxylic acids is 1. The first-order chi connectivity index (χ1) is 7.36. The van der Waals surface area contributed by atoms with Crippen molar-refractivity contribution in [3.8, 4) is 0 Å². The number of aliphatic carboxylic acids is 1. The van der Waals surface area contributed by atoms with Gasteiger partial charge in [0.25, 0.3) is 0 Å². The van der Waals surface area contributed by atoms with E-state index in [1.165, 1.54) is 14.0 Å². The van der Waals surface area contributed by atoms with Gasteiger partial charge in [-0.15, -0.1) is 0 Å². The van der Waals surface area contributed by atoms with Gasteiger partial charge in [0.1, 0.15) is 12.2 Å². The monoisotopic (exact) mass is 232 g/mol. The summed E-state index contributed by atoms with van der Waals surface area (Å²) in [7, 11) is 1.42. The molecule has 1 unspecified atom stereocenters. The molecule has 5 heteroatoms. The smallest absolute Gasteiger partial charge is 0.306 e. The Bertz CT molecular complexity index is 237. The van der Waals surface area contributed by atoms with Gasteiger partial charge >= 0.3 is 11.9 Å². The molecule has 0 aromatic carbocycles. The average molecular weight is 232 g/mol. The molecular weight excluding hydrogens is 212 g/mol. The molecule has 16 heavy (non-hydrogen) atoms. The summed E-state index contributed by atoms with van der Waals surface area (Å²) in [6.45, 7) is 5.26. The van der Waals surface area contributed by atoms with Crippen LogP contribution in [0.1, 0.15) is 33.6 Å². The Hall–Kier alpha value is -1.10. The summed E-state index contributed by atoms with van der Waals surface area (Å²) in [4.78, 5) is 21.5. The fraction of sp³-hybridized carbons (Fsp3) is 0.818. The third-order valence-corrected chi connectivity index (χ3v) is 2.11. The predicted octanol–water partition coefficient (Wildman–Crippen LogP) is 1.45. The van der Waals surface area contributed by atoms with E-state index in [2.05, 4.69) is 0 Å². The molecule has 1 N–H and O–H groups in total. The number of carboxylic acid groups (broad SMARTS) is 1. The first kappa shape index (κ1) is 14.9. The molecule has 0 saturated carbocycles. The Kier molecular flexibility index (Phi) is 6.72. The van der Waals surface area contributed by atoms with Crippen LogP contribution < -0.4 is 0 Å². The second kappa shape index (κ2) is 7.22. The van der Waals surface area contributed by atoms with Crippen molar-refractivity contribution < 1.29 is 24.2 Å². The first-order valence-electron chi connectivity index (χ1n) is 5.28. The molecule has 2 atom stereocenters. The molecule has 0 aromatic heterocycles. The summed E-state index contributed by atoms with van der Waals surface area (Å²) in [5, 5.41) is 8.71. The summed E-state index contributed by atoms with van der Waals surface area (Å²) in [6, 6.07) is 0. The van der Waals surface area contributed by atoms with Crippen molar-refractivity contribution in [1.29, 1.82) is 0 Å². The van der Waals surface area contributed by atoms with Crippen LogP contribution in [0.5, 0.6) is 0 Å². The van der Waals surface area contributed by atoms with Crippen LogP contribution in [0.15, 0.2) is 0 Å². The fourth-order valence-electron chi connectivity index (χ4n) is 1.49. The maximum absolute atomic E-state index is 10.9. The molecule has 0 aliphatic rings. The molecule has 0 fully saturated rings. The lowest BCUT2D eigenvalue weighted by molar-refractivity contribution is -0.159. The van der Waals surface area contributed by atoms with E-state index in [1.807, 2.05) is 13.8 Å². The van der Waals surface area contributed by atoms with E-state index in [9.17, 15) is 9.59 Å². The number of hydrogen-bond acceptors (Lipinski definition) is 4. The van der Waals surface area contributed by atoms with E-state index in [-0.39, 0.29) is 6.42 Å². The molecule has 94 valence electrons. The molecule has 5 nitrogen and oxygen atoms in total. The minimum Gasteiger partial charge on any atom is -0.481 e. The Balaban J connectivity index is 4.53. The summed E-state index contributed by atoms with van der Waals surface area (Å²) in [5.41, 5.74) is 0. The SMILES string of the molecule is CO[C@@H](CC(=O)O)C(CC(C)C)OC(C)=O. The van der Waals surface area contributed by atoms with Crippen molar-refractivity contribution >= 4 is 11.9 Å². The largest absolute Gasteiger partial charge is 0.481 e. The molecule has 0 aliphatic carbocycles. The zero-order valence-corrected chi connectivity index (χ0v) is 10.2. The van der Waals surface area contributed by atoms with Gasteiger partial charge in [0.05, 0.1) is 6.42 Å². The first-order valence-corrected chi connectivity index (χ1v) is 5.28. The fourth-order valence-corrected chi connectivity index (χ4v) is 1.49. The van der Waals surface area contributed by atoms with Gasteiger partial charge in [-0.05, 0) is 12.3 Å². The van der Waals surface area contributed by atoms with E-state index in [0.717, 1.165) is 0 Å². The van der Waals surface area contributed by atoms with Gasteiger partial charge in [-0.3, -0.25) is 9.59 Å². The molecule has 0 saturated heterocycles. The zero-order valence-electron chi connectivity index (χ0n) is 10.2. The maximum atomic E-state index is 10.9. The molecular formula is C11H20O5. The zero-order chi connectivity index (χ0) is 12.7. The number of rotatable bonds is 7. The molecule has 0 rings (SSSR count). The highest BCUT2D eigenvalue weighted by atomic mass is 16.6. The highest BCUT2D eigenvalue weighted by molar-refractivity contribution is 5.68. The van der Waals surface area contributed by atoms with Crippen molar-refractivity contribution in [3.63, 3.8) is 0 Å². The maximum Gasteiger partial charge on any atom is 0.306 e. The molecule has 0 radical (unpaired) electrons. The summed E-state index contributed by atoms with van der Waals surface area (Å²) in [5.74, 6) is -1.08. The normalized spacial score (nSPS) is 14.6. The molecule has 0 amide bonds.